The Morgan fingerprint density at radius 3 is 1.50 bits per heavy atom. The molecule has 1 aliphatic rings. The van der Waals surface area contributed by atoms with Gasteiger partial charge >= 0.3 is 0 Å². The van der Waals surface area contributed by atoms with E-state index in [0.29, 0.717) is 40.3 Å². The quantitative estimate of drug-likeness (QED) is 0.0879. The summed E-state index contributed by atoms with van der Waals surface area (Å²) in [5.41, 5.74) is 2.02. The van der Waals surface area contributed by atoms with E-state index in [1.54, 1.807) is 49.8 Å². The molecule has 3 aromatic heterocycles. The summed E-state index contributed by atoms with van der Waals surface area (Å²) in [7, 11) is 0. The summed E-state index contributed by atoms with van der Waals surface area (Å²) in [5.74, 6) is 1.35. The van der Waals surface area contributed by atoms with Crippen LogP contribution in [0.5, 0.6) is 0 Å². The van der Waals surface area contributed by atoms with Crippen LogP contribution in [0.15, 0.2) is 67.6 Å². The number of nitrogens with zero attached hydrogens (tertiary/aromatic N) is 4. The van der Waals surface area contributed by atoms with Gasteiger partial charge in [-0.25, -0.2) is 9.97 Å². The zero-order valence-electron chi connectivity index (χ0n) is 41.6. The second kappa shape index (κ2) is 30.2. The largest absolute Gasteiger partial charge is 0.390 e. The maximum Gasteiger partial charge on any atom is 0.183 e. The van der Waals surface area contributed by atoms with Crippen molar-refractivity contribution in [1.29, 1.82) is 5.41 Å². The van der Waals surface area contributed by atoms with Gasteiger partial charge in [0, 0.05) is 83.2 Å². The summed E-state index contributed by atoms with van der Waals surface area (Å²) in [6, 6.07) is 8.92. The molecule has 4 rings (SSSR count). The van der Waals surface area contributed by atoms with Crippen LogP contribution >= 0.6 is 0 Å². The highest BCUT2D eigenvalue weighted by Gasteiger charge is 2.40. The number of hydrogen-bond donors (Lipinski definition) is 3. The first-order valence-electron chi connectivity index (χ1n) is 22.0. The number of aromatic nitrogens is 4. The predicted octanol–water partition coefficient (Wildman–Crippen LogP) is 9.79. The topological polar surface area (TPSA) is 218 Å². The molecule has 0 atom stereocenters. The number of aliphatic hydroxyl groups excluding tert-OH is 2. The van der Waals surface area contributed by atoms with E-state index in [2.05, 4.69) is 40.7 Å². The van der Waals surface area contributed by atoms with Gasteiger partial charge in [-0.3, -0.25) is 38.7 Å². The van der Waals surface area contributed by atoms with E-state index >= 15 is 0 Å². The number of pyridine rings is 2. The number of ketones is 6. The zero-order chi connectivity index (χ0) is 50.0. The van der Waals surface area contributed by atoms with Gasteiger partial charge < -0.3 is 15.6 Å². The van der Waals surface area contributed by atoms with E-state index in [1.807, 2.05) is 89.2 Å². The Balaban J connectivity index is 0. The Kier molecular flexibility index (Phi) is 28.8. The molecule has 13 nitrogen and oxygen atoms in total. The monoisotopic (exact) mass is 890 g/mol. The van der Waals surface area contributed by atoms with E-state index in [-0.39, 0.29) is 88.8 Å². The molecule has 0 bridgehead atoms. The normalized spacial score (nSPS) is 14.1. The molecular weight excluding hydrogens is 811 g/mol. The van der Waals surface area contributed by atoms with Gasteiger partial charge in [-0.2, -0.15) is 0 Å². The summed E-state index contributed by atoms with van der Waals surface area (Å²) in [6.07, 6.45) is 11.9. The van der Waals surface area contributed by atoms with Crippen LogP contribution in [0.25, 0.3) is 0 Å². The maximum absolute atomic E-state index is 11.3. The lowest BCUT2D eigenvalue weighted by Gasteiger charge is -2.42. The van der Waals surface area contributed by atoms with E-state index in [4.69, 9.17) is 15.6 Å². The first-order valence-corrected chi connectivity index (χ1v) is 22.0. The lowest BCUT2D eigenvalue weighted by Crippen LogP contribution is -2.38. The molecule has 0 saturated heterocycles. The van der Waals surface area contributed by atoms with Crippen molar-refractivity contribution in [2.45, 2.75) is 136 Å². The average molecular weight is 890 g/mol. The van der Waals surface area contributed by atoms with E-state index in [0.717, 1.165) is 12.8 Å². The molecule has 3 heterocycles. The third kappa shape index (κ3) is 25.9. The number of carbonyl (C=O) groups excluding carboxylic acids is 6. The van der Waals surface area contributed by atoms with Crippen molar-refractivity contribution in [3.8, 4) is 0 Å². The molecule has 0 aromatic carbocycles. The van der Waals surface area contributed by atoms with Gasteiger partial charge in [-0.05, 0) is 48.4 Å². The summed E-state index contributed by atoms with van der Waals surface area (Å²) in [4.78, 5) is 82.3. The minimum atomic E-state index is -0.370. The molecule has 13 heteroatoms. The summed E-state index contributed by atoms with van der Waals surface area (Å²) < 4.78 is 0. The summed E-state index contributed by atoms with van der Waals surface area (Å²) in [6.45, 7) is 30.4. The number of carbonyl (C=O) groups is 6. The fraction of sp³-hybridized carbons (Fsp3) is 0.588. The molecule has 0 spiro atoms. The maximum atomic E-state index is 11.3. The van der Waals surface area contributed by atoms with Crippen LogP contribution in [0.2, 0.25) is 0 Å². The lowest BCUT2D eigenvalue weighted by molar-refractivity contribution is -0.132. The van der Waals surface area contributed by atoms with Crippen LogP contribution < -0.4 is 0 Å². The molecule has 64 heavy (non-hydrogen) atoms. The van der Waals surface area contributed by atoms with E-state index in [1.165, 1.54) is 18.7 Å². The Morgan fingerprint density at radius 2 is 1.16 bits per heavy atom. The van der Waals surface area contributed by atoms with Gasteiger partial charge in [-0.1, -0.05) is 117 Å². The Morgan fingerprint density at radius 1 is 0.656 bits per heavy atom. The lowest BCUT2D eigenvalue weighted by atomic mass is 9.62. The van der Waals surface area contributed by atoms with Crippen molar-refractivity contribution in [3.05, 3.63) is 84.5 Å². The number of Topliss-reactive ketones (excluding diaryl/α,β-unsaturated/α-hetero) is 6. The highest BCUT2D eigenvalue weighted by Crippen LogP contribution is 2.45. The van der Waals surface area contributed by atoms with Crippen LogP contribution in [0.4, 0.5) is 0 Å². The fourth-order valence-corrected chi connectivity index (χ4v) is 4.93. The molecule has 1 aliphatic carbocycles. The smallest absolute Gasteiger partial charge is 0.183 e. The first-order chi connectivity index (χ1) is 29.4. The Labute approximate surface area is 383 Å². The van der Waals surface area contributed by atoms with Crippen LogP contribution in [0.3, 0.4) is 0 Å². The molecule has 0 unspecified atom stereocenters. The van der Waals surface area contributed by atoms with E-state index < -0.39 is 0 Å². The molecule has 3 N–H and O–H groups in total. The fourth-order valence-electron chi connectivity index (χ4n) is 4.93. The molecule has 0 radical (unpaired) electrons. The minimum absolute atomic E-state index is 0.0148. The average Bonchev–Trinajstić information content (AvgIpc) is 3.22. The molecule has 0 aliphatic heterocycles. The highest BCUT2D eigenvalue weighted by molar-refractivity contribution is 6.01. The van der Waals surface area contributed by atoms with Crippen molar-refractivity contribution < 1.29 is 39.0 Å². The van der Waals surface area contributed by atoms with Gasteiger partial charge in [0.1, 0.15) is 30.2 Å². The minimum Gasteiger partial charge on any atom is -0.390 e. The van der Waals surface area contributed by atoms with Gasteiger partial charge in [0.2, 0.25) is 0 Å². The first kappa shape index (κ1) is 61.1. The van der Waals surface area contributed by atoms with Gasteiger partial charge in [-0.15, -0.1) is 0 Å². The van der Waals surface area contributed by atoms with Crippen molar-refractivity contribution in [2.75, 3.05) is 13.2 Å². The summed E-state index contributed by atoms with van der Waals surface area (Å²) in [5, 5.41) is 24.2. The molecule has 3 aromatic rings. The Bertz CT molecular complexity index is 1720. The zero-order valence-corrected chi connectivity index (χ0v) is 41.6. The third-order valence-corrected chi connectivity index (χ3v) is 9.91. The molecule has 1 saturated carbocycles. The number of aliphatic hydroxyl groups is 2. The summed E-state index contributed by atoms with van der Waals surface area (Å²) >= 11 is 0. The second-order valence-electron chi connectivity index (χ2n) is 19.6. The van der Waals surface area contributed by atoms with Gasteiger partial charge in [0.25, 0.3) is 0 Å². The van der Waals surface area contributed by atoms with Crippen molar-refractivity contribution >= 4 is 40.4 Å². The van der Waals surface area contributed by atoms with Crippen molar-refractivity contribution in [2.24, 2.45) is 45.8 Å². The molecule has 356 valence electrons. The number of hydrogen-bond acceptors (Lipinski definition) is 13. The van der Waals surface area contributed by atoms with Crippen molar-refractivity contribution in [1.82, 2.24) is 19.9 Å². The molecule has 1 fully saturated rings. The Hall–Kier alpha value is -5.01. The van der Waals surface area contributed by atoms with Crippen molar-refractivity contribution in [3.63, 3.8) is 0 Å². The highest BCUT2D eigenvalue weighted by atomic mass is 16.3. The SMILES string of the molecule is CC(C)(C)C(=N)CO.CC(C)(C)C1CC(C(=O)CO)C1.CC(C)C(=O)c1ccccn1.CC(C)C(=O)c1cccnc1.CC(C)C(=O)c1cncnc1.CCC(=O)CC(=O)C(C)(C)C. The standard InChI is InChI=1S/C10H18O2.2C9H11NO.C9H16O2.C8H10N2O.C6H13NO/c1-10(2,3)8-4-7(5-8)9(12)6-11;1-7(2)9(11)8-4-3-5-10-6-8;1-7(2)9(11)8-5-3-4-6-10-8;1-5-7(10)6-8(11)9(2,3)4;1-6(2)8(11)7-3-9-5-10-4-7;1-6(2,3)5(7)4-8/h7-8,11H,4-6H2,1-3H3;2*3-7H,1-2H3;5-6H2,1-4H3;3-6H,1-2H3;7-8H,4H2,1-3H3. The molecule has 0 amide bonds. The van der Waals surface area contributed by atoms with Gasteiger partial charge in [0.05, 0.1) is 18.6 Å². The number of rotatable bonds is 12. The molecular formula is C51H79N5O8. The van der Waals surface area contributed by atoms with E-state index in [9.17, 15) is 28.8 Å². The second-order valence-corrected chi connectivity index (χ2v) is 19.6. The number of nitrogens with one attached hydrogen (secondary N) is 1. The van der Waals surface area contributed by atoms with Gasteiger partial charge in [0.15, 0.2) is 23.1 Å². The van der Waals surface area contributed by atoms with Crippen LogP contribution in [-0.4, -0.2) is 83.8 Å². The van der Waals surface area contributed by atoms with Crippen LogP contribution in [0.1, 0.15) is 168 Å². The third-order valence-electron chi connectivity index (χ3n) is 9.91. The predicted molar refractivity (Wildman–Crippen MR) is 254 cm³/mol. The van der Waals surface area contributed by atoms with Crippen LogP contribution in [0, 0.1) is 51.2 Å². The van der Waals surface area contributed by atoms with Crippen LogP contribution in [-0.2, 0) is 14.4 Å².